The molecule has 1 aliphatic rings. The Hall–Kier alpha value is -0.170. The lowest BCUT2D eigenvalue weighted by Gasteiger charge is -2.15. The molecule has 0 aromatic rings. The molecule has 1 saturated heterocycles. The molecule has 102 valence electrons. The van der Waals surface area contributed by atoms with E-state index < -0.39 is 15.9 Å². The topological polar surface area (TPSA) is 75.6 Å². The minimum Gasteiger partial charge on any atom is -0.389 e. The zero-order chi connectivity index (χ0) is 12.7. The lowest BCUT2D eigenvalue weighted by atomic mass is 10.2. The predicted molar refractivity (Wildman–Crippen MR) is 66.8 cm³/mol. The maximum atomic E-state index is 11.2. The Morgan fingerprint density at radius 2 is 2.29 bits per heavy atom. The molecule has 5 nitrogen and oxygen atoms in total. The maximum Gasteiger partial charge on any atom is 0.151 e. The van der Waals surface area contributed by atoms with Crippen LogP contribution in [0.4, 0.5) is 0 Å². The van der Waals surface area contributed by atoms with E-state index in [1.54, 1.807) is 0 Å². The van der Waals surface area contributed by atoms with Gasteiger partial charge in [0.25, 0.3) is 0 Å². The van der Waals surface area contributed by atoms with Crippen LogP contribution < -0.4 is 5.32 Å². The largest absolute Gasteiger partial charge is 0.389 e. The van der Waals surface area contributed by atoms with Gasteiger partial charge in [-0.3, -0.25) is 0 Å². The first-order valence-electron chi connectivity index (χ1n) is 6.23. The van der Waals surface area contributed by atoms with Crippen molar-refractivity contribution in [2.75, 3.05) is 31.3 Å². The van der Waals surface area contributed by atoms with E-state index in [1.807, 2.05) is 0 Å². The molecule has 0 aromatic heterocycles. The van der Waals surface area contributed by atoms with Gasteiger partial charge in [-0.05, 0) is 12.8 Å². The highest BCUT2D eigenvalue weighted by Crippen LogP contribution is 2.10. The van der Waals surface area contributed by atoms with Gasteiger partial charge in [0, 0.05) is 19.2 Å². The van der Waals surface area contributed by atoms with Crippen LogP contribution in [0.3, 0.4) is 0 Å². The van der Waals surface area contributed by atoms with E-state index in [4.69, 9.17) is 4.74 Å². The van der Waals surface area contributed by atoms with Crippen LogP contribution in [-0.2, 0) is 14.6 Å². The number of hydrogen-bond acceptors (Lipinski definition) is 5. The van der Waals surface area contributed by atoms with E-state index in [-0.39, 0.29) is 17.5 Å². The average molecular weight is 265 g/mol. The Balaban J connectivity index is 2.06. The Labute approximate surface area is 103 Å². The molecule has 0 saturated carbocycles. The lowest BCUT2D eigenvalue weighted by Crippen LogP contribution is -2.38. The van der Waals surface area contributed by atoms with Gasteiger partial charge in [0.15, 0.2) is 9.84 Å². The van der Waals surface area contributed by atoms with Crippen LogP contribution in [0.15, 0.2) is 0 Å². The SMILES string of the molecule is CCCCOCC(O)CNC1CCS(=O)(=O)C1. The Bertz CT molecular complexity index is 305. The van der Waals surface area contributed by atoms with E-state index in [1.165, 1.54) is 0 Å². The molecule has 17 heavy (non-hydrogen) atoms. The summed E-state index contributed by atoms with van der Waals surface area (Å²) in [6, 6.07) is -0.00899. The fraction of sp³-hybridized carbons (Fsp3) is 1.00. The summed E-state index contributed by atoms with van der Waals surface area (Å²) >= 11 is 0. The smallest absolute Gasteiger partial charge is 0.151 e. The van der Waals surface area contributed by atoms with E-state index in [0.717, 1.165) is 12.8 Å². The second-order valence-corrected chi connectivity index (χ2v) is 6.82. The number of nitrogens with one attached hydrogen (secondary N) is 1. The molecule has 1 fully saturated rings. The van der Waals surface area contributed by atoms with Crippen molar-refractivity contribution in [2.45, 2.75) is 38.3 Å². The second-order valence-electron chi connectivity index (χ2n) is 4.59. The van der Waals surface area contributed by atoms with Gasteiger partial charge in [-0.1, -0.05) is 13.3 Å². The van der Waals surface area contributed by atoms with Gasteiger partial charge in [0.05, 0.1) is 24.2 Å². The summed E-state index contributed by atoms with van der Waals surface area (Å²) in [6.07, 6.45) is 2.16. The van der Waals surface area contributed by atoms with Gasteiger partial charge < -0.3 is 15.2 Å². The first-order valence-corrected chi connectivity index (χ1v) is 8.05. The second kappa shape index (κ2) is 7.31. The van der Waals surface area contributed by atoms with Crippen LogP contribution in [0.2, 0.25) is 0 Å². The molecule has 2 N–H and O–H groups in total. The van der Waals surface area contributed by atoms with Crippen molar-refractivity contribution in [1.29, 1.82) is 0 Å². The first kappa shape index (κ1) is 14.9. The number of hydrogen-bond donors (Lipinski definition) is 2. The zero-order valence-corrected chi connectivity index (χ0v) is 11.2. The summed E-state index contributed by atoms with van der Waals surface area (Å²) in [6.45, 7) is 3.46. The standard InChI is InChI=1S/C11H23NO4S/c1-2-3-5-16-8-11(13)7-12-10-4-6-17(14,15)9-10/h10-13H,2-9H2,1H3. The van der Waals surface area contributed by atoms with Crippen molar-refractivity contribution < 1.29 is 18.3 Å². The highest BCUT2D eigenvalue weighted by molar-refractivity contribution is 7.91. The highest BCUT2D eigenvalue weighted by Gasteiger charge is 2.27. The summed E-state index contributed by atoms with van der Waals surface area (Å²) < 4.78 is 27.7. The van der Waals surface area contributed by atoms with Crippen LogP contribution in [0, 0.1) is 0 Å². The summed E-state index contributed by atoms with van der Waals surface area (Å²) in [5.74, 6) is 0.449. The molecule has 0 spiro atoms. The molecule has 0 amide bonds. The minimum absolute atomic E-state index is 0.00899. The summed E-state index contributed by atoms with van der Waals surface area (Å²) in [5, 5.41) is 12.7. The number of unbranched alkanes of at least 4 members (excludes halogenated alkanes) is 1. The summed E-state index contributed by atoms with van der Waals surface area (Å²) in [5.41, 5.74) is 0. The molecule has 1 aliphatic heterocycles. The summed E-state index contributed by atoms with van der Waals surface area (Å²) in [7, 11) is -2.84. The molecule has 1 heterocycles. The molecule has 0 bridgehead atoms. The van der Waals surface area contributed by atoms with Crippen molar-refractivity contribution in [2.24, 2.45) is 0 Å². The van der Waals surface area contributed by atoms with Crippen LogP contribution in [0.5, 0.6) is 0 Å². The van der Waals surface area contributed by atoms with Gasteiger partial charge in [-0.15, -0.1) is 0 Å². The third kappa shape index (κ3) is 6.35. The fourth-order valence-corrected chi connectivity index (χ4v) is 3.49. The summed E-state index contributed by atoms with van der Waals surface area (Å²) in [4.78, 5) is 0. The quantitative estimate of drug-likeness (QED) is 0.601. The van der Waals surface area contributed by atoms with Crippen LogP contribution >= 0.6 is 0 Å². The van der Waals surface area contributed by atoms with Crippen molar-refractivity contribution in [1.82, 2.24) is 5.32 Å². The Kier molecular flexibility index (Phi) is 6.40. The van der Waals surface area contributed by atoms with Crippen LogP contribution in [-0.4, -0.2) is 56.9 Å². The number of ether oxygens (including phenoxy) is 1. The zero-order valence-electron chi connectivity index (χ0n) is 10.4. The molecular weight excluding hydrogens is 242 g/mol. The normalized spacial score (nSPS) is 24.9. The number of aliphatic hydroxyl groups is 1. The molecule has 0 aliphatic carbocycles. The van der Waals surface area contributed by atoms with Crippen LogP contribution in [0.1, 0.15) is 26.2 Å². The third-order valence-electron chi connectivity index (χ3n) is 2.83. The van der Waals surface area contributed by atoms with E-state index in [9.17, 15) is 13.5 Å². The highest BCUT2D eigenvalue weighted by atomic mass is 32.2. The van der Waals surface area contributed by atoms with Gasteiger partial charge in [-0.25, -0.2) is 8.42 Å². The number of rotatable bonds is 8. The van der Waals surface area contributed by atoms with Crippen molar-refractivity contribution >= 4 is 9.84 Å². The van der Waals surface area contributed by atoms with Gasteiger partial charge >= 0.3 is 0 Å². The maximum absolute atomic E-state index is 11.2. The third-order valence-corrected chi connectivity index (χ3v) is 4.60. The molecule has 1 rings (SSSR count). The predicted octanol–water partition coefficient (Wildman–Crippen LogP) is -0.0593. The van der Waals surface area contributed by atoms with Crippen molar-refractivity contribution in [3.63, 3.8) is 0 Å². The van der Waals surface area contributed by atoms with Crippen molar-refractivity contribution in [3.8, 4) is 0 Å². The van der Waals surface area contributed by atoms with Gasteiger partial charge in [0.2, 0.25) is 0 Å². The monoisotopic (exact) mass is 265 g/mol. The molecule has 2 unspecified atom stereocenters. The minimum atomic E-state index is -2.84. The molecule has 2 atom stereocenters. The lowest BCUT2D eigenvalue weighted by molar-refractivity contribution is 0.0349. The Morgan fingerprint density at radius 3 is 2.88 bits per heavy atom. The van der Waals surface area contributed by atoms with E-state index in [0.29, 0.717) is 26.2 Å². The van der Waals surface area contributed by atoms with Gasteiger partial charge in [-0.2, -0.15) is 0 Å². The fourth-order valence-electron chi connectivity index (χ4n) is 1.78. The molecule has 6 heteroatoms. The van der Waals surface area contributed by atoms with E-state index >= 15 is 0 Å². The number of aliphatic hydroxyl groups excluding tert-OH is 1. The first-order chi connectivity index (χ1) is 8.03. The van der Waals surface area contributed by atoms with E-state index in [2.05, 4.69) is 12.2 Å². The Morgan fingerprint density at radius 1 is 1.53 bits per heavy atom. The van der Waals surface area contributed by atoms with Gasteiger partial charge in [0.1, 0.15) is 0 Å². The average Bonchev–Trinajstić information content (AvgIpc) is 2.62. The molecule has 0 aromatic carbocycles. The molecular formula is C11H23NO4S. The van der Waals surface area contributed by atoms with Crippen molar-refractivity contribution in [3.05, 3.63) is 0 Å². The van der Waals surface area contributed by atoms with Crippen LogP contribution in [0.25, 0.3) is 0 Å². The molecule has 0 radical (unpaired) electrons. The number of sulfone groups is 1.